The van der Waals surface area contributed by atoms with E-state index in [0.29, 0.717) is 0 Å². The van der Waals surface area contributed by atoms with Crippen molar-refractivity contribution in [2.24, 2.45) is 0 Å². The summed E-state index contributed by atoms with van der Waals surface area (Å²) in [4.78, 5) is 4.09. The Kier molecular flexibility index (Phi) is 4.70. The Balaban J connectivity index is 2.46. The third-order valence-electron chi connectivity index (χ3n) is 2.05. The van der Waals surface area contributed by atoms with Crippen LogP contribution in [0.3, 0.4) is 0 Å². The molecule has 0 radical (unpaired) electrons. The molecule has 0 fully saturated rings. The first-order valence-electron chi connectivity index (χ1n) is 4.80. The summed E-state index contributed by atoms with van der Waals surface area (Å²) in [6.45, 7) is 1.81. The lowest BCUT2D eigenvalue weighted by atomic mass is 10.1. The fourth-order valence-corrected chi connectivity index (χ4v) is 1.44. The molecule has 1 heterocycles. The number of rotatable bonds is 5. The van der Waals surface area contributed by atoms with E-state index in [1.54, 1.807) is 11.6 Å². The number of thiocarbonyl (C=S) groups is 1. The van der Waals surface area contributed by atoms with Crippen LogP contribution in [0.5, 0.6) is 0 Å². The van der Waals surface area contributed by atoms with Gasteiger partial charge in [0.2, 0.25) is 0 Å². The van der Waals surface area contributed by atoms with Gasteiger partial charge in [-0.25, -0.2) is 0 Å². The topological polar surface area (TPSA) is 33.1 Å². The van der Waals surface area contributed by atoms with E-state index in [2.05, 4.69) is 4.98 Å². The minimum Gasteiger partial charge on any atom is -0.393 e. The molecule has 1 aromatic heterocycles. The van der Waals surface area contributed by atoms with Crippen molar-refractivity contribution >= 4 is 17.6 Å². The van der Waals surface area contributed by atoms with Crippen molar-refractivity contribution in [1.29, 1.82) is 0 Å². The van der Waals surface area contributed by atoms with Gasteiger partial charge >= 0.3 is 0 Å². The third-order valence-corrected chi connectivity index (χ3v) is 2.30. The Morgan fingerprint density at radius 3 is 3.07 bits per heavy atom. The summed E-state index contributed by atoms with van der Waals surface area (Å²) in [5.41, 5.74) is 2.08. The fourth-order valence-electron chi connectivity index (χ4n) is 1.32. The summed E-state index contributed by atoms with van der Waals surface area (Å²) < 4.78 is 0. The normalized spacial score (nSPS) is 12.4. The first-order chi connectivity index (χ1) is 6.72. The Morgan fingerprint density at radius 2 is 2.43 bits per heavy atom. The average Bonchev–Trinajstić information content (AvgIpc) is 2.18. The van der Waals surface area contributed by atoms with Gasteiger partial charge in [0.1, 0.15) is 0 Å². The van der Waals surface area contributed by atoms with Crippen molar-refractivity contribution in [1.82, 2.24) is 4.98 Å². The highest BCUT2D eigenvalue weighted by Gasteiger charge is 1.98. The minimum atomic E-state index is -0.207. The van der Waals surface area contributed by atoms with Gasteiger partial charge in [-0.05, 0) is 43.9 Å². The van der Waals surface area contributed by atoms with Gasteiger partial charge in [-0.15, -0.1) is 0 Å². The van der Waals surface area contributed by atoms with Crippen molar-refractivity contribution in [3.63, 3.8) is 0 Å². The molecule has 0 saturated heterocycles. The number of hydrogen-bond donors (Lipinski definition) is 1. The lowest BCUT2D eigenvalue weighted by Crippen LogP contribution is -2.00. The van der Waals surface area contributed by atoms with Crippen LogP contribution in [0.4, 0.5) is 0 Å². The molecule has 0 saturated carbocycles. The Hall–Kier alpha value is -0.800. The highest BCUT2D eigenvalue weighted by molar-refractivity contribution is 7.79. The number of pyridine rings is 1. The van der Waals surface area contributed by atoms with E-state index < -0.39 is 0 Å². The van der Waals surface area contributed by atoms with E-state index in [9.17, 15) is 0 Å². The van der Waals surface area contributed by atoms with Crippen molar-refractivity contribution < 1.29 is 5.11 Å². The highest BCUT2D eigenvalue weighted by atomic mass is 32.1. The summed E-state index contributed by atoms with van der Waals surface area (Å²) in [5, 5.41) is 10.7. The number of aliphatic hydroxyl groups excluding tert-OH is 1. The molecule has 3 heteroatoms. The van der Waals surface area contributed by atoms with Gasteiger partial charge in [0, 0.05) is 11.6 Å². The number of aryl methyl sites for hydroxylation is 1. The van der Waals surface area contributed by atoms with Crippen LogP contribution in [0.25, 0.3) is 0 Å². The van der Waals surface area contributed by atoms with Gasteiger partial charge in [-0.3, -0.25) is 4.98 Å². The maximum atomic E-state index is 9.10. The Labute approximate surface area is 90.0 Å². The molecule has 1 rings (SSSR count). The summed E-state index contributed by atoms with van der Waals surface area (Å²) >= 11 is 4.80. The molecule has 0 aliphatic carbocycles. The second-order valence-corrected chi connectivity index (χ2v) is 3.68. The van der Waals surface area contributed by atoms with Crippen LogP contribution >= 0.6 is 12.2 Å². The molecular weight excluding hydrogens is 194 g/mol. The van der Waals surface area contributed by atoms with E-state index in [1.165, 1.54) is 5.56 Å². The Morgan fingerprint density at radius 1 is 1.64 bits per heavy atom. The van der Waals surface area contributed by atoms with Crippen molar-refractivity contribution in [3.05, 3.63) is 29.6 Å². The molecule has 1 N–H and O–H groups in total. The van der Waals surface area contributed by atoms with Crippen molar-refractivity contribution in [2.75, 3.05) is 0 Å². The maximum absolute atomic E-state index is 9.10. The molecular formula is C11H15NOS. The average molecular weight is 209 g/mol. The number of aliphatic hydroxyl groups is 1. The number of hydrogen-bond acceptors (Lipinski definition) is 3. The van der Waals surface area contributed by atoms with Gasteiger partial charge in [0.15, 0.2) is 0 Å². The summed E-state index contributed by atoms with van der Waals surface area (Å²) in [5.74, 6) is 0. The van der Waals surface area contributed by atoms with Gasteiger partial charge < -0.3 is 5.11 Å². The molecule has 0 amide bonds. The predicted molar refractivity (Wildman–Crippen MR) is 61.6 cm³/mol. The van der Waals surface area contributed by atoms with E-state index in [0.717, 1.165) is 25.0 Å². The van der Waals surface area contributed by atoms with Crippen LogP contribution < -0.4 is 0 Å². The largest absolute Gasteiger partial charge is 0.393 e. The number of nitrogens with zero attached hydrogens (tertiary/aromatic N) is 1. The second kappa shape index (κ2) is 5.83. The lowest BCUT2D eigenvalue weighted by Gasteiger charge is -2.04. The minimum absolute atomic E-state index is 0.207. The molecule has 1 aromatic rings. The smallest absolute Gasteiger partial charge is 0.0739 e. The molecule has 0 aromatic carbocycles. The monoisotopic (exact) mass is 209 g/mol. The molecule has 0 aliphatic rings. The van der Waals surface area contributed by atoms with Crippen LogP contribution in [-0.4, -0.2) is 21.6 Å². The molecule has 2 nitrogen and oxygen atoms in total. The highest BCUT2D eigenvalue weighted by Crippen LogP contribution is 2.07. The predicted octanol–water partition coefficient (Wildman–Crippen LogP) is 2.13. The van der Waals surface area contributed by atoms with E-state index in [1.807, 2.05) is 19.1 Å². The van der Waals surface area contributed by atoms with Gasteiger partial charge in [-0.2, -0.15) is 0 Å². The fraction of sp³-hybridized carbons (Fsp3) is 0.455. The van der Waals surface area contributed by atoms with Crippen LogP contribution in [0.1, 0.15) is 31.0 Å². The Bertz CT molecular complexity index is 299. The van der Waals surface area contributed by atoms with E-state index in [-0.39, 0.29) is 6.10 Å². The molecule has 14 heavy (non-hydrogen) atoms. The zero-order valence-corrected chi connectivity index (χ0v) is 9.13. The molecule has 1 atom stereocenters. The van der Waals surface area contributed by atoms with E-state index >= 15 is 0 Å². The maximum Gasteiger partial charge on any atom is 0.0739 e. The van der Waals surface area contributed by atoms with Crippen molar-refractivity contribution in [3.8, 4) is 0 Å². The quantitative estimate of drug-likeness (QED) is 0.754. The second-order valence-electron chi connectivity index (χ2n) is 3.45. The first kappa shape index (κ1) is 11.3. The number of aromatic nitrogens is 1. The van der Waals surface area contributed by atoms with Gasteiger partial charge in [0.05, 0.1) is 11.8 Å². The molecule has 0 aliphatic heterocycles. The summed E-state index contributed by atoms with van der Waals surface area (Å²) in [6, 6.07) is 3.99. The zero-order valence-electron chi connectivity index (χ0n) is 8.31. The molecule has 1 unspecified atom stereocenters. The first-order valence-corrected chi connectivity index (χ1v) is 5.27. The lowest BCUT2D eigenvalue weighted by molar-refractivity contribution is 0.182. The molecule has 76 valence electrons. The standard InChI is InChI=1S/C11H15NOS/c1-9(13)3-2-4-10-5-6-12-11(7-10)8-14/h5-9,13H,2-4H2,1H3. The third kappa shape index (κ3) is 3.94. The van der Waals surface area contributed by atoms with Crippen LogP contribution in [0.15, 0.2) is 18.3 Å². The molecule has 0 spiro atoms. The van der Waals surface area contributed by atoms with E-state index in [4.69, 9.17) is 17.3 Å². The molecule has 0 bridgehead atoms. The van der Waals surface area contributed by atoms with Crippen molar-refractivity contribution in [2.45, 2.75) is 32.3 Å². The van der Waals surface area contributed by atoms with Gasteiger partial charge in [0.25, 0.3) is 0 Å². The zero-order chi connectivity index (χ0) is 10.4. The van der Waals surface area contributed by atoms with Crippen LogP contribution in [0.2, 0.25) is 0 Å². The SMILES string of the molecule is CC(O)CCCc1ccnc(C=S)c1. The summed E-state index contributed by atoms with van der Waals surface area (Å²) in [7, 11) is 0. The van der Waals surface area contributed by atoms with Gasteiger partial charge in [-0.1, -0.05) is 12.2 Å². The van der Waals surface area contributed by atoms with Crippen LogP contribution in [-0.2, 0) is 6.42 Å². The van der Waals surface area contributed by atoms with Crippen LogP contribution in [0, 0.1) is 0 Å². The summed E-state index contributed by atoms with van der Waals surface area (Å²) in [6.07, 6.45) is 4.38.